The van der Waals surface area contributed by atoms with Crippen LogP contribution in [0.5, 0.6) is 0 Å². The fraction of sp³-hybridized carbons (Fsp3) is 0.769. The van der Waals surface area contributed by atoms with Gasteiger partial charge in [-0.25, -0.2) is 4.98 Å². The molecule has 4 heteroatoms. The SMILES string of the molecule is COCCCn1cc(C)nc1NCC(C)(C)C. The molecule has 1 aromatic rings. The Morgan fingerprint density at radius 3 is 2.71 bits per heavy atom. The molecule has 1 N–H and O–H groups in total. The molecular weight excluding hydrogens is 214 g/mol. The van der Waals surface area contributed by atoms with Gasteiger partial charge in [0.2, 0.25) is 5.95 Å². The predicted octanol–water partition coefficient (Wildman–Crippen LogP) is 2.69. The van der Waals surface area contributed by atoms with E-state index in [1.807, 2.05) is 6.92 Å². The maximum atomic E-state index is 5.07. The fourth-order valence-electron chi connectivity index (χ4n) is 1.58. The second kappa shape index (κ2) is 6.05. The van der Waals surface area contributed by atoms with Gasteiger partial charge in [0.05, 0.1) is 5.69 Å². The van der Waals surface area contributed by atoms with Crippen LogP contribution in [0.15, 0.2) is 6.20 Å². The van der Waals surface area contributed by atoms with Gasteiger partial charge in [-0.15, -0.1) is 0 Å². The van der Waals surface area contributed by atoms with E-state index in [9.17, 15) is 0 Å². The summed E-state index contributed by atoms with van der Waals surface area (Å²) in [5.41, 5.74) is 1.32. The average molecular weight is 239 g/mol. The minimum Gasteiger partial charge on any atom is -0.385 e. The van der Waals surface area contributed by atoms with E-state index in [1.54, 1.807) is 7.11 Å². The first kappa shape index (κ1) is 14.0. The van der Waals surface area contributed by atoms with Crippen molar-refractivity contribution < 1.29 is 4.74 Å². The molecule has 0 aromatic carbocycles. The van der Waals surface area contributed by atoms with Crippen LogP contribution < -0.4 is 5.32 Å². The highest BCUT2D eigenvalue weighted by molar-refractivity contribution is 5.29. The highest BCUT2D eigenvalue weighted by Gasteiger charge is 2.12. The quantitative estimate of drug-likeness (QED) is 0.776. The molecule has 0 saturated carbocycles. The van der Waals surface area contributed by atoms with E-state index in [0.29, 0.717) is 0 Å². The van der Waals surface area contributed by atoms with Crippen molar-refractivity contribution >= 4 is 5.95 Å². The van der Waals surface area contributed by atoms with E-state index in [1.165, 1.54) is 0 Å². The molecule has 0 saturated heterocycles. The van der Waals surface area contributed by atoms with Gasteiger partial charge in [-0.05, 0) is 18.8 Å². The van der Waals surface area contributed by atoms with Crippen molar-refractivity contribution in [1.29, 1.82) is 0 Å². The van der Waals surface area contributed by atoms with Crippen molar-refractivity contribution in [3.63, 3.8) is 0 Å². The second-order valence-corrected chi connectivity index (χ2v) is 5.66. The molecule has 0 aliphatic carbocycles. The van der Waals surface area contributed by atoms with Gasteiger partial charge in [-0.2, -0.15) is 0 Å². The predicted molar refractivity (Wildman–Crippen MR) is 71.4 cm³/mol. The number of rotatable bonds is 6. The zero-order chi connectivity index (χ0) is 12.9. The number of aromatic nitrogens is 2. The van der Waals surface area contributed by atoms with Crippen LogP contribution >= 0.6 is 0 Å². The van der Waals surface area contributed by atoms with Crippen molar-refractivity contribution in [2.24, 2.45) is 5.41 Å². The summed E-state index contributed by atoms with van der Waals surface area (Å²) >= 11 is 0. The number of hydrogen-bond acceptors (Lipinski definition) is 3. The summed E-state index contributed by atoms with van der Waals surface area (Å²) < 4.78 is 7.24. The van der Waals surface area contributed by atoms with Crippen LogP contribution in [0.2, 0.25) is 0 Å². The number of ether oxygens (including phenoxy) is 1. The van der Waals surface area contributed by atoms with Gasteiger partial charge in [0.25, 0.3) is 0 Å². The second-order valence-electron chi connectivity index (χ2n) is 5.66. The van der Waals surface area contributed by atoms with Gasteiger partial charge in [0, 0.05) is 33.0 Å². The molecule has 0 fully saturated rings. The molecule has 1 heterocycles. The molecule has 0 radical (unpaired) electrons. The van der Waals surface area contributed by atoms with Gasteiger partial charge in [0.1, 0.15) is 0 Å². The van der Waals surface area contributed by atoms with Crippen LogP contribution in [0.25, 0.3) is 0 Å². The first-order valence-electron chi connectivity index (χ1n) is 6.19. The number of imidazole rings is 1. The Labute approximate surface area is 104 Å². The third-order valence-electron chi connectivity index (χ3n) is 2.42. The lowest BCUT2D eigenvalue weighted by Gasteiger charge is -2.19. The Balaban J connectivity index is 2.57. The Hall–Kier alpha value is -1.03. The number of nitrogens with zero attached hydrogens (tertiary/aromatic N) is 2. The average Bonchev–Trinajstić information content (AvgIpc) is 2.56. The fourth-order valence-corrected chi connectivity index (χ4v) is 1.58. The first-order chi connectivity index (χ1) is 7.92. The summed E-state index contributed by atoms with van der Waals surface area (Å²) in [5, 5.41) is 3.41. The molecule has 0 aliphatic heterocycles. The number of aryl methyl sites for hydroxylation is 2. The van der Waals surface area contributed by atoms with Crippen molar-refractivity contribution in [2.75, 3.05) is 25.6 Å². The Morgan fingerprint density at radius 1 is 1.41 bits per heavy atom. The summed E-state index contributed by atoms with van der Waals surface area (Å²) in [6, 6.07) is 0. The van der Waals surface area contributed by atoms with Crippen LogP contribution in [-0.4, -0.2) is 29.8 Å². The van der Waals surface area contributed by atoms with Crippen LogP contribution in [-0.2, 0) is 11.3 Å². The molecule has 98 valence electrons. The Bertz CT molecular complexity index is 339. The van der Waals surface area contributed by atoms with Gasteiger partial charge >= 0.3 is 0 Å². The van der Waals surface area contributed by atoms with Crippen LogP contribution in [0.3, 0.4) is 0 Å². The van der Waals surface area contributed by atoms with Crippen LogP contribution in [0.1, 0.15) is 32.9 Å². The van der Waals surface area contributed by atoms with E-state index in [0.717, 1.165) is 37.8 Å². The summed E-state index contributed by atoms with van der Waals surface area (Å²) in [6.45, 7) is 11.3. The lowest BCUT2D eigenvalue weighted by atomic mass is 9.97. The summed E-state index contributed by atoms with van der Waals surface area (Å²) in [5.74, 6) is 0.966. The molecule has 0 atom stereocenters. The molecule has 0 spiro atoms. The lowest BCUT2D eigenvalue weighted by molar-refractivity contribution is 0.190. The first-order valence-corrected chi connectivity index (χ1v) is 6.19. The zero-order valence-electron chi connectivity index (χ0n) is 11.7. The van der Waals surface area contributed by atoms with Crippen LogP contribution in [0, 0.1) is 12.3 Å². The minimum atomic E-state index is 0.261. The van der Waals surface area contributed by atoms with Gasteiger partial charge in [-0.3, -0.25) is 0 Å². The number of hydrogen-bond donors (Lipinski definition) is 1. The largest absolute Gasteiger partial charge is 0.385 e. The molecule has 4 nitrogen and oxygen atoms in total. The van der Waals surface area contributed by atoms with E-state index >= 15 is 0 Å². The van der Waals surface area contributed by atoms with E-state index in [-0.39, 0.29) is 5.41 Å². The summed E-state index contributed by atoms with van der Waals surface area (Å²) in [7, 11) is 1.73. The van der Waals surface area contributed by atoms with Crippen molar-refractivity contribution in [2.45, 2.75) is 40.7 Å². The third kappa shape index (κ3) is 5.22. The van der Waals surface area contributed by atoms with Gasteiger partial charge in [-0.1, -0.05) is 20.8 Å². The standard InChI is InChI=1S/C13H25N3O/c1-11-9-16(7-6-8-17-5)12(15-11)14-10-13(2,3)4/h9H,6-8,10H2,1-5H3,(H,14,15). The van der Waals surface area contributed by atoms with Crippen molar-refractivity contribution in [1.82, 2.24) is 9.55 Å². The smallest absolute Gasteiger partial charge is 0.203 e. The molecular formula is C13H25N3O. The minimum absolute atomic E-state index is 0.261. The van der Waals surface area contributed by atoms with E-state index < -0.39 is 0 Å². The molecule has 17 heavy (non-hydrogen) atoms. The maximum absolute atomic E-state index is 5.07. The Kier molecular flexibility index (Phi) is 5.00. The molecule has 0 amide bonds. The van der Waals surface area contributed by atoms with Gasteiger partial charge < -0.3 is 14.6 Å². The highest BCUT2D eigenvalue weighted by Crippen LogP contribution is 2.15. The Morgan fingerprint density at radius 2 is 2.12 bits per heavy atom. The van der Waals surface area contributed by atoms with Gasteiger partial charge in [0.15, 0.2) is 0 Å². The monoisotopic (exact) mass is 239 g/mol. The van der Waals surface area contributed by atoms with E-state index in [2.05, 4.69) is 41.8 Å². The van der Waals surface area contributed by atoms with Crippen LogP contribution in [0.4, 0.5) is 5.95 Å². The molecule has 1 rings (SSSR count). The number of anilines is 1. The lowest BCUT2D eigenvalue weighted by Crippen LogP contribution is -2.21. The zero-order valence-corrected chi connectivity index (χ0v) is 11.7. The summed E-state index contributed by atoms with van der Waals surface area (Å²) in [6.07, 6.45) is 3.09. The molecule has 0 aliphatic rings. The molecule has 0 bridgehead atoms. The van der Waals surface area contributed by atoms with Crippen molar-refractivity contribution in [3.05, 3.63) is 11.9 Å². The maximum Gasteiger partial charge on any atom is 0.203 e. The topological polar surface area (TPSA) is 39.1 Å². The number of nitrogens with one attached hydrogen (secondary N) is 1. The molecule has 0 unspecified atom stereocenters. The van der Waals surface area contributed by atoms with Crippen molar-refractivity contribution in [3.8, 4) is 0 Å². The third-order valence-corrected chi connectivity index (χ3v) is 2.42. The number of methoxy groups -OCH3 is 1. The van der Waals surface area contributed by atoms with E-state index in [4.69, 9.17) is 4.74 Å². The molecule has 1 aromatic heterocycles. The highest BCUT2D eigenvalue weighted by atomic mass is 16.5. The normalized spacial score (nSPS) is 11.8. The summed E-state index contributed by atoms with van der Waals surface area (Å²) in [4.78, 5) is 4.50.